The second-order valence-electron chi connectivity index (χ2n) is 5.93. The van der Waals surface area contributed by atoms with Crippen LogP contribution in [0.5, 0.6) is 0 Å². The van der Waals surface area contributed by atoms with Crippen molar-refractivity contribution >= 4 is 11.5 Å². The predicted molar refractivity (Wildman–Crippen MR) is 96.3 cm³/mol. The second-order valence-corrected chi connectivity index (χ2v) is 5.93. The zero-order chi connectivity index (χ0) is 17.1. The molecule has 0 radical (unpaired) electrons. The van der Waals surface area contributed by atoms with Gasteiger partial charge in [0.1, 0.15) is 5.82 Å². The molecular weight excluding hydrogens is 314 g/mol. The average molecular weight is 333 g/mol. The number of nitrogens with zero attached hydrogens (tertiary/aromatic N) is 7. The van der Waals surface area contributed by atoms with E-state index in [2.05, 4.69) is 31.7 Å². The summed E-state index contributed by atoms with van der Waals surface area (Å²) < 4.78 is 3.88. The molecule has 0 aliphatic heterocycles. The van der Waals surface area contributed by atoms with Crippen LogP contribution in [-0.2, 0) is 6.54 Å². The zero-order valence-corrected chi connectivity index (χ0v) is 14.0. The van der Waals surface area contributed by atoms with E-state index in [1.165, 1.54) is 0 Å². The summed E-state index contributed by atoms with van der Waals surface area (Å²) in [5, 5.41) is 13.2. The van der Waals surface area contributed by atoms with Gasteiger partial charge in [0.15, 0.2) is 11.5 Å². The summed E-state index contributed by atoms with van der Waals surface area (Å²) in [4.78, 5) is 6.21. The van der Waals surface area contributed by atoms with Crippen molar-refractivity contribution in [1.82, 2.24) is 29.4 Å². The molecule has 0 amide bonds. The largest absolute Gasteiger partial charge is 0.358 e. The van der Waals surface area contributed by atoms with Gasteiger partial charge in [-0.05, 0) is 18.6 Å². The fourth-order valence-electron chi connectivity index (χ4n) is 2.77. The van der Waals surface area contributed by atoms with E-state index >= 15 is 0 Å². The molecule has 0 fully saturated rings. The van der Waals surface area contributed by atoms with Crippen molar-refractivity contribution in [2.24, 2.45) is 0 Å². The molecule has 3 aromatic heterocycles. The van der Waals surface area contributed by atoms with Gasteiger partial charge in [-0.1, -0.05) is 30.3 Å². The Kier molecular flexibility index (Phi) is 4.12. The van der Waals surface area contributed by atoms with E-state index in [1.807, 2.05) is 55.0 Å². The molecule has 0 spiro atoms. The molecule has 0 atom stereocenters. The van der Waals surface area contributed by atoms with E-state index in [-0.39, 0.29) is 0 Å². The van der Waals surface area contributed by atoms with Crippen molar-refractivity contribution in [3.8, 4) is 11.4 Å². The predicted octanol–water partition coefficient (Wildman–Crippen LogP) is 2.51. The Morgan fingerprint density at radius 1 is 1.04 bits per heavy atom. The van der Waals surface area contributed by atoms with Crippen molar-refractivity contribution in [2.75, 3.05) is 18.5 Å². The molecule has 0 aliphatic rings. The molecule has 1 aromatic carbocycles. The van der Waals surface area contributed by atoms with Gasteiger partial charge in [0, 0.05) is 38.1 Å². The Bertz CT molecular complexity index is 944. The molecule has 3 heterocycles. The van der Waals surface area contributed by atoms with Crippen molar-refractivity contribution in [3.05, 3.63) is 61.2 Å². The number of benzene rings is 1. The number of aryl methyl sites for hydroxylation is 1. The summed E-state index contributed by atoms with van der Waals surface area (Å²) in [6.45, 7) is 1.84. The first-order valence-corrected chi connectivity index (χ1v) is 8.26. The van der Waals surface area contributed by atoms with Gasteiger partial charge in [0.05, 0.1) is 6.33 Å². The standard InChI is InChI=1S/C18H19N7/c1-23(11-5-12-24-13-10-19-14-24)17-9-8-16-20-21-18(25(16)22-17)15-6-3-2-4-7-15/h2-4,6-10,13-14H,5,11-12H2,1H3. The lowest BCUT2D eigenvalue weighted by atomic mass is 10.2. The molecule has 0 aliphatic carbocycles. The monoisotopic (exact) mass is 333 g/mol. The van der Waals surface area contributed by atoms with Gasteiger partial charge in [0.2, 0.25) is 0 Å². The molecule has 25 heavy (non-hydrogen) atoms. The number of fused-ring (bicyclic) bond motifs is 1. The first-order valence-electron chi connectivity index (χ1n) is 8.26. The van der Waals surface area contributed by atoms with E-state index in [4.69, 9.17) is 5.10 Å². The van der Waals surface area contributed by atoms with Gasteiger partial charge in [-0.2, -0.15) is 4.52 Å². The van der Waals surface area contributed by atoms with Gasteiger partial charge in [-0.25, -0.2) is 4.98 Å². The molecule has 0 bridgehead atoms. The smallest absolute Gasteiger partial charge is 0.185 e. The lowest BCUT2D eigenvalue weighted by Gasteiger charge is -2.18. The number of hydrogen-bond donors (Lipinski definition) is 0. The summed E-state index contributed by atoms with van der Waals surface area (Å²) in [5.41, 5.74) is 1.75. The molecule has 0 saturated heterocycles. The zero-order valence-electron chi connectivity index (χ0n) is 14.0. The highest BCUT2D eigenvalue weighted by Crippen LogP contribution is 2.19. The lowest BCUT2D eigenvalue weighted by molar-refractivity contribution is 0.634. The molecule has 0 N–H and O–H groups in total. The van der Waals surface area contributed by atoms with Gasteiger partial charge >= 0.3 is 0 Å². The minimum absolute atomic E-state index is 0.745. The van der Waals surface area contributed by atoms with Crippen LogP contribution in [0.25, 0.3) is 17.0 Å². The van der Waals surface area contributed by atoms with Crippen molar-refractivity contribution in [1.29, 1.82) is 0 Å². The number of anilines is 1. The van der Waals surface area contributed by atoms with E-state index < -0.39 is 0 Å². The fraction of sp³-hybridized carbons (Fsp3) is 0.222. The van der Waals surface area contributed by atoms with E-state index in [9.17, 15) is 0 Å². The van der Waals surface area contributed by atoms with Crippen LogP contribution in [0, 0.1) is 0 Å². The van der Waals surface area contributed by atoms with Crippen molar-refractivity contribution in [3.63, 3.8) is 0 Å². The van der Waals surface area contributed by atoms with E-state index in [1.54, 1.807) is 10.7 Å². The first-order chi connectivity index (χ1) is 12.3. The third kappa shape index (κ3) is 3.21. The topological polar surface area (TPSA) is 64.1 Å². The normalized spacial score (nSPS) is 11.1. The molecule has 7 nitrogen and oxygen atoms in total. The lowest BCUT2D eigenvalue weighted by Crippen LogP contribution is -2.21. The Labute approximate surface area is 145 Å². The number of rotatable bonds is 6. The van der Waals surface area contributed by atoms with Crippen molar-refractivity contribution < 1.29 is 0 Å². The molecule has 126 valence electrons. The van der Waals surface area contributed by atoms with Crippen LogP contribution in [-0.4, -0.2) is 43.0 Å². The SMILES string of the molecule is CN(CCCn1ccnc1)c1ccc2nnc(-c3ccccc3)n2n1. The Balaban J connectivity index is 1.53. The summed E-state index contributed by atoms with van der Waals surface area (Å²) in [6, 6.07) is 13.9. The van der Waals surface area contributed by atoms with Crippen LogP contribution in [0.4, 0.5) is 5.82 Å². The Hall–Kier alpha value is -3.22. The Morgan fingerprint density at radius 3 is 2.72 bits per heavy atom. The summed E-state index contributed by atoms with van der Waals surface area (Å²) in [6.07, 6.45) is 6.64. The van der Waals surface area contributed by atoms with Crippen LogP contribution in [0.3, 0.4) is 0 Å². The van der Waals surface area contributed by atoms with Gasteiger partial charge in [-0.15, -0.1) is 15.3 Å². The third-order valence-corrected chi connectivity index (χ3v) is 4.14. The number of aromatic nitrogens is 6. The number of hydrogen-bond acceptors (Lipinski definition) is 5. The summed E-state index contributed by atoms with van der Waals surface area (Å²) in [7, 11) is 2.05. The minimum atomic E-state index is 0.745. The molecule has 0 saturated carbocycles. The van der Waals surface area contributed by atoms with Gasteiger partial charge in [-0.3, -0.25) is 0 Å². The molecule has 0 unspecified atom stereocenters. The highest BCUT2D eigenvalue weighted by Gasteiger charge is 2.11. The molecule has 4 rings (SSSR count). The maximum Gasteiger partial charge on any atom is 0.185 e. The van der Waals surface area contributed by atoms with Gasteiger partial charge < -0.3 is 9.47 Å². The van der Waals surface area contributed by atoms with Crippen LogP contribution in [0.1, 0.15) is 6.42 Å². The average Bonchev–Trinajstić information content (AvgIpc) is 3.31. The fourth-order valence-corrected chi connectivity index (χ4v) is 2.77. The van der Waals surface area contributed by atoms with Crippen LogP contribution >= 0.6 is 0 Å². The number of imidazole rings is 1. The maximum absolute atomic E-state index is 4.73. The van der Waals surface area contributed by atoms with Crippen LogP contribution in [0.15, 0.2) is 61.2 Å². The third-order valence-electron chi connectivity index (χ3n) is 4.14. The quantitative estimate of drug-likeness (QED) is 0.542. The first kappa shape index (κ1) is 15.3. The summed E-state index contributed by atoms with van der Waals surface area (Å²) in [5.74, 6) is 1.65. The molecule has 4 aromatic rings. The Morgan fingerprint density at radius 2 is 1.92 bits per heavy atom. The van der Waals surface area contributed by atoms with E-state index in [0.29, 0.717) is 0 Å². The van der Waals surface area contributed by atoms with Crippen LogP contribution < -0.4 is 4.90 Å². The second kappa shape index (κ2) is 6.72. The van der Waals surface area contributed by atoms with Crippen molar-refractivity contribution in [2.45, 2.75) is 13.0 Å². The van der Waals surface area contributed by atoms with Crippen LogP contribution in [0.2, 0.25) is 0 Å². The highest BCUT2D eigenvalue weighted by molar-refractivity contribution is 5.59. The minimum Gasteiger partial charge on any atom is -0.358 e. The maximum atomic E-state index is 4.73. The molecule has 7 heteroatoms. The highest BCUT2D eigenvalue weighted by atomic mass is 15.4. The molecular formula is C18H19N7. The van der Waals surface area contributed by atoms with E-state index in [0.717, 1.165) is 42.4 Å². The summed E-state index contributed by atoms with van der Waals surface area (Å²) >= 11 is 0. The van der Waals surface area contributed by atoms with Gasteiger partial charge in [0.25, 0.3) is 0 Å².